The van der Waals surface area contributed by atoms with E-state index < -0.39 is 18.5 Å². The van der Waals surface area contributed by atoms with Gasteiger partial charge in [-0.25, -0.2) is 4.79 Å². The molecule has 0 fully saturated rings. The van der Waals surface area contributed by atoms with Crippen LogP contribution in [0.3, 0.4) is 0 Å². The van der Waals surface area contributed by atoms with E-state index in [1.807, 2.05) is 19.1 Å². The molecule has 0 heterocycles. The number of ether oxygens (including phenoxy) is 2. The second-order valence-corrected chi connectivity index (χ2v) is 6.10. The molecular weight excluding hydrogens is 365 g/mol. The van der Waals surface area contributed by atoms with E-state index in [1.165, 1.54) is 0 Å². The van der Waals surface area contributed by atoms with Crippen molar-refractivity contribution in [3.63, 3.8) is 0 Å². The molecule has 0 aliphatic rings. The molecule has 2 aromatic rings. The summed E-state index contributed by atoms with van der Waals surface area (Å²) in [6, 6.07) is 10.6. The minimum absolute atomic E-state index is 0.288. The van der Waals surface area contributed by atoms with Crippen molar-refractivity contribution in [2.45, 2.75) is 13.8 Å². The van der Waals surface area contributed by atoms with Crippen LogP contribution < -0.4 is 10.1 Å². The van der Waals surface area contributed by atoms with Gasteiger partial charge >= 0.3 is 5.97 Å². The number of carbonyl (C=O) groups excluding carboxylic acids is 2. The highest BCUT2D eigenvalue weighted by atomic mass is 35.5. The van der Waals surface area contributed by atoms with Crippen LogP contribution in [0.1, 0.15) is 11.1 Å². The number of rotatable bonds is 6. The van der Waals surface area contributed by atoms with Gasteiger partial charge in [0.1, 0.15) is 5.75 Å². The van der Waals surface area contributed by atoms with Crippen molar-refractivity contribution >= 4 is 40.8 Å². The van der Waals surface area contributed by atoms with Crippen LogP contribution in [-0.4, -0.2) is 25.1 Å². The molecule has 132 valence electrons. The summed E-state index contributed by atoms with van der Waals surface area (Å²) < 4.78 is 10.2. The van der Waals surface area contributed by atoms with E-state index >= 15 is 0 Å². The lowest BCUT2D eigenvalue weighted by molar-refractivity contribution is -0.149. The lowest BCUT2D eigenvalue weighted by Crippen LogP contribution is -2.24. The average molecular weight is 382 g/mol. The quantitative estimate of drug-likeness (QED) is 0.762. The first kappa shape index (κ1) is 19.1. The maximum absolute atomic E-state index is 11.9. The molecule has 0 unspecified atom stereocenters. The second kappa shape index (κ2) is 8.74. The zero-order chi connectivity index (χ0) is 18.4. The van der Waals surface area contributed by atoms with Crippen molar-refractivity contribution in [3.05, 3.63) is 57.6 Å². The fourth-order valence-electron chi connectivity index (χ4n) is 1.99. The van der Waals surface area contributed by atoms with Gasteiger partial charge in [-0.15, -0.1) is 0 Å². The van der Waals surface area contributed by atoms with Crippen LogP contribution in [0.5, 0.6) is 5.75 Å². The van der Waals surface area contributed by atoms with Crippen LogP contribution >= 0.6 is 23.2 Å². The number of esters is 1. The van der Waals surface area contributed by atoms with E-state index in [0.29, 0.717) is 21.5 Å². The first-order chi connectivity index (χ1) is 11.9. The lowest BCUT2D eigenvalue weighted by Gasteiger charge is -2.12. The van der Waals surface area contributed by atoms with Gasteiger partial charge in [0.2, 0.25) is 0 Å². The van der Waals surface area contributed by atoms with E-state index in [-0.39, 0.29) is 6.61 Å². The molecule has 1 amide bonds. The predicted molar refractivity (Wildman–Crippen MR) is 97.5 cm³/mol. The molecule has 0 aliphatic carbocycles. The van der Waals surface area contributed by atoms with Crippen LogP contribution in [0.4, 0.5) is 5.69 Å². The summed E-state index contributed by atoms with van der Waals surface area (Å²) in [5, 5.41) is 3.18. The number of hydrogen-bond donors (Lipinski definition) is 1. The first-order valence-electron chi connectivity index (χ1n) is 7.47. The van der Waals surface area contributed by atoms with Gasteiger partial charge in [0.25, 0.3) is 5.91 Å². The second-order valence-electron chi connectivity index (χ2n) is 5.32. The van der Waals surface area contributed by atoms with E-state index in [9.17, 15) is 9.59 Å². The molecule has 25 heavy (non-hydrogen) atoms. The molecule has 0 spiro atoms. The van der Waals surface area contributed by atoms with Crippen LogP contribution in [0, 0.1) is 13.8 Å². The number of para-hydroxylation sites is 1. The molecule has 2 rings (SSSR count). The maximum atomic E-state index is 11.9. The van der Waals surface area contributed by atoms with Crippen LogP contribution in [-0.2, 0) is 14.3 Å². The minimum Gasteiger partial charge on any atom is -0.482 e. The maximum Gasteiger partial charge on any atom is 0.344 e. The molecule has 2 aromatic carbocycles. The monoisotopic (exact) mass is 381 g/mol. The van der Waals surface area contributed by atoms with Crippen LogP contribution in [0.25, 0.3) is 0 Å². The highest BCUT2D eigenvalue weighted by Gasteiger charge is 2.14. The Morgan fingerprint density at radius 2 is 1.72 bits per heavy atom. The molecule has 0 saturated heterocycles. The number of nitrogens with one attached hydrogen (secondary N) is 1. The molecule has 0 saturated carbocycles. The molecule has 0 bridgehead atoms. The summed E-state index contributed by atoms with van der Waals surface area (Å²) in [6.45, 7) is 2.90. The van der Waals surface area contributed by atoms with E-state index in [4.69, 9.17) is 32.7 Å². The Balaban J connectivity index is 1.83. The summed E-state index contributed by atoms with van der Waals surface area (Å²) in [7, 11) is 0. The van der Waals surface area contributed by atoms with Gasteiger partial charge < -0.3 is 14.8 Å². The Kier molecular flexibility index (Phi) is 6.67. The average Bonchev–Trinajstić information content (AvgIpc) is 2.59. The van der Waals surface area contributed by atoms with E-state index in [1.54, 1.807) is 31.2 Å². The highest BCUT2D eigenvalue weighted by molar-refractivity contribution is 6.40. The zero-order valence-corrected chi connectivity index (χ0v) is 15.3. The van der Waals surface area contributed by atoms with Crippen molar-refractivity contribution in [2.24, 2.45) is 0 Å². The van der Waals surface area contributed by atoms with E-state index in [0.717, 1.165) is 11.1 Å². The number of benzene rings is 2. The van der Waals surface area contributed by atoms with Gasteiger partial charge in [-0.3, -0.25) is 4.79 Å². The van der Waals surface area contributed by atoms with Gasteiger partial charge in [-0.2, -0.15) is 0 Å². The molecule has 0 aliphatic heterocycles. The summed E-state index contributed by atoms with van der Waals surface area (Å²) in [5.41, 5.74) is 1.96. The van der Waals surface area contributed by atoms with Crippen LogP contribution in [0.2, 0.25) is 10.0 Å². The van der Waals surface area contributed by atoms with Crippen molar-refractivity contribution < 1.29 is 19.1 Å². The van der Waals surface area contributed by atoms with Crippen LogP contribution in [0.15, 0.2) is 36.4 Å². The summed E-state index contributed by atoms with van der Waals surface area (Å²) in [6.07, 6.45) is 0. The number of carbonyl (C=O) groups is 2. The number of amides is 1. The normalized spacial score (nSPS) is 10.2. The summed E-state index contributed by atoms with van der Waals surface area (Å²) in [4.78, 5) is 23.6. The molecule has 1 N–H and O–H groups in total. The Morgan fingerprint density at radius 3 is 2.44 bits per heavy atom. The Hall–Kier alpha value is -2.24. The highest BCUT2D eigenvalue weighted by Crippen LogP contribution is 2.32. The molecule has 0 aromatic heterocycles. The van der Waals surface area contributed by atoms with Crippen molar-refractivity contribution in [1.82, 2.24) is 0 Å². The van der Waals surface area contributed by atoms with Gasteiger partial charge in [0.15, 0.2) is 13.2 Å². The van der Waals surface area contributed by atoms with Crippen molar-refractivity contribution in [1.29, 1.82) is 0 Å². The zero-order valence-electron chi connectivity index (χ0n) is 13.8. The third-order valence-electron chi connectivity index (χ3n) is 3.35. The SMILES string of the molecule is Cc1ccccc1OCC(=O)OCC(=O)Nc1c(Cl)ccc(C)c1Cl. The fraction of sp³-hybridized carbons (Fsp3) is 0.222. The first-order valence-corrected chi connectivity index (χ1v) is 8.22. The number of hydrogen-bond acceptors (Lipinski definition) is 4. The summed E-state index contributed by atoms with van der Waals surface area (Å²) >= 11 is 12.1. The molecule has 0 atom stereocenters. The van der Waals surface area contributed by atoms with E-state index in [2.05, 4.69) is 5.32 Å². The van der Waals surface area contributed by atoms with Gasteiger partial charge in [0, 0.05) is 0 Å². The smallest absolute Gasteiger partial charge is 0.344 e. The number of halogens is 2. The molecular formula is C18H17Cl2NO4. The largest absolute Gasteiger partial charge is 0.482 e. The molecule has 7 heteroatoms. The van der Waals surface area contributed by atoms with Gasteiger partial charge in [-0.05, 0) is 37.1 Å². The standard InChI is InChI=1S/C18H17Cl2NO4/c1-11-5-3-4-6-14(11)24-10-16(23)25-9-15(22)21-18-13(19)8-7-12(2)17(18)20/h3-8H,9-10H2,1-2H3,(H,21,22). The van der Waals surface area contributed by atoms with Crippen molar-refractivity contribution in [3.8, 4) is 5.75 Å². The predicted octanol–water partition coefficient (Wildman–Crippen LogP) is 4.17. The third kappa shape index (κ3) is 5.37. The topological polar surface area (TPSA) is 64.6 Å². The molecule has 5 nitrogen and oxygen atoms in total. The Labute approximate surface area is 155 Å². The van der Waals surface area contributed by atoms with Gasteiger partial charge in [0.05, 0.1) is 15.7 Å². The molecule has 0 radical (unpaired) electrons. The number of aryl methyl sites for hydroxylation is 2. The Morgan fingerprint density at radius 1 is 1.00 bits per heavy atom. The van der Waals surface area contributed by atoms with Gasteiger partial charge in [-0.1, -0.05) is 47.5 Å². The lowest BCUT2D eigenvalue weighted by atomic mass is 10.2. The summed E-state index contributed by atoms with van der Waals surface area (Å²) in [5.74, 6) is -0.610. The number of anilines is 1. The van der Waals surface area contributed by atoms with Crippen molar-refractivity contribution in [2.75, 3.05) is 18.5 Å². The minimum atomic E-state index is -0.653. The third-order valence-corrected chi connectivity index (χ3v) is 4.15. The fourth-order valence-corrected chi connectivity index (χ4v) is 2.45. The Bertz CT molecular complexity index is 793.